The van der Waals surface area contributed by atoms with Gasteiger partial charge in [0.05, 0.1) is 12.7 Å². The molecule has 1 amide bonds. The molecule has 3 rings (SSSR count). The summed E-state index contributed by atoms with van der Waals surface area (Å²) in [6.07, 6.45) is 3.75. The van der Waals surface area contributed by atoms with E-state index in [1.165, 1.54) is 12.8 Å². The Morgan fingerprint density at radius 3 is 2.65 bits per heavy atom. The van der Waals surface area contributed by atoms with Crippen LogP contribution in [0.5, 0.6) is 5.75 Å². The molecule has 126 valence electrons. The van der Waals surface area contributed by atoms with Crippen LogP contribution in [0.3, 0.4) is 0 Å². The zero-order chi connectivity index (χ0) is 16.1. The van der Waals surface area contributed by atoms with Crippen molar-refractivity contribution in [2.24, 2.45) is 5.92 Å². The van der Waals surface area contributed by atoms with E-state index in [-0.39, 0.29) is 12.0 Å². The van der Waals surface area contributed by atoms with Gasteiger partial charge in [0.15, 0.2) is 0 Å². The molecule has 5 heteroatoms. The fraction of sp³-hybridized carbons (Fsp3) is 0.611. The number of nitrogens with zero attached hydrogens (tertiary/aromatic N) is 1. The van der Waals surface area contributed by atoms with Gasteiger partial charge < -0.3 is 19.1 Å². The summed E-state index contributed by atoms with van der Waals surface area (Å²) < 4.78 is 16.3. The first-order valence-corrected chi connectivity index (χ1v) is 8.39. The second-order valence-corrected chi connectivity index (χ2v) is 6.30. The van der Waals surface area contributed by atoms with E-state index in [1.807, 2.05) is 29.2 Å². The van der Waals surface area contributed by atoms with Crippen molar-refractivity contribution < 1.29 is 19.0 Å². The molecule has 1 aliphatic carbocycles. The Hall–Kier alpha value is -1.59. The Balaban J connectivity index is 1.47. The summed E-state index contributed by atoms with van der Waals surface area (Å²) in [7, 11) is 1.64. The van der Waals surface area contributed by atoms with Gasteiger partial charge in [-0.25, -0.2) is 0 Å². The molecule has 0 unspecified atom stereocenters. The van der Waals surface area contributed by atoms with Crippen LogP contribution in [-0.2, 0) is 9.47 Å². The van der Waals surface area contributed by atoms with Crippen LogP contribution in [0, 0.1) is 5.92 Å². The molecule has 5 nitrogen and oxygen atoms in total. The largest absolute Gasteiger partial charge is 0.491 e. The van der Waals surface area contributed by atoms with Crippen LogP contribution in [0.2, 0.25) is 0 Å². The molecule has 0 radical (unpaired) electrons. The van der Waals surface area contributed by atoms with Gasteiger partial charge in [0.25, 0.3) is 5.91 Å². The van der Waals surface area contributed by atoms with Gasteiger partial charge in [-0.15, -0.1) is 0 Å². The predicted octanol–water partition coefficient (Wildman–Crippen LogP) is 2.35. The summed E-state index contributed by atoms with van der Waals surface area (Å²) >= 11 is 0. The van der Waals surface area contributed by atoms with Crippen LogP contribution in [-0.4, -0.2) is 56.9 Å². The fourth-order valence-electron chi connectivity index (χ4n) is 2.72. The summed E-state index contributed by atoms with van der Waals surface area (Å²) in [6, 6.07) is 7.31. The molecule has 1 saturated heterocycles. The van der Waals surface area contributed by atoms with E-state index >= 15 is 0 Å². The second-order valence-electron chi connectivity index (χ2n) is 6.30. The summed E-state index contributed by atoms with van der Waals surface area (Å²) in [5.74, 6) is 1.60. The number of carbonyl (C=O) groups is 1. The maximum atomic E-state index is 12.5. The highest BCUT2D eigenvalue weighted by Gasteiger charge is 2.29. The molecule has 1 atom stereocenters. The first-order valence-electron chi connectivity index (χ1n) is 8.39. The third-order valence-corrected chi connectivity index (χ3v) is 4.35. The Kier molecular flexibility index (Phi) is 5.51. The maximum Gasteiger partial charge on any atom is 0.253 e. The first-order chi connectivity index (χ1) is 11.3. The zero-order valence-electron chi connectivity index (χ0n) is 13.7. The fourth-order valence-corrected chi connectivity index (χ4v) is 2.72. The SMILES string of the molecule is COCCOc1ccc(C(=O)N2CC[C@H](OCC3CC3)C2)cc1. The normalized spacial score (nSPS) is 20.7. The molecule has 0 N–H and O–H groups in total. The third kappa shape index (κ3) is 4.69. The maximum absolute atomic E-state index is 12.5. The average Bonchev–Trinajstić information content (AvgIpc) is 3.29. The average molecular weight is 319 g/mol. The van der Waals surface area contributed by atoms with Crippen LogP contribution in [0.1, 0.15) is 29.6 Å². The highest BCUT2D eigenvalue weighted by atomic mass is 16.5. The lowest BCUT2D eigenvalue weighted by molar-refractivity contribution is 0.0480. The van der Waals surface area contributed by atoms with E-state index in [0.717, 1.165) is 31.2 Å². The molecule has 23 heavy (non-hydrogen) atoms. The third-order valence-electron chi connectivity index (χ3n) is 4.35. The number of hydrogen-bond acceptors (Lipinski definition) is 4. The molecule has 2 aliphatic rings. The number of benzene rings is 1. The summed E-state index contributed by atoms with van der Waals surface area (Å²) in [6.45, 7) is 3.41. The van der Waals surface area contributed by atoms with E-state index in [9.17, 15) is 4.79 Å². The molecule has 1 aliphatic heterocycles. The van der Waals surface area contributed by atoms with Gasteiger partial charge in [0.2, 0.25) is 0 Å². The Labute approximate surface area is 137 Å². The quantitative estimate of drug-likeness (QED) is 0.690. The van der Waals surface area contributed by atoms with Crippen LogP contribution in [0.4, 0.5) is 0 Å². The number of ether oxygens (including phenoxy) is 3. The molecule has 1 saturated carbocycles. The van der Waals surface area contributed by atoms with Gasteiger partial charge in [-0.3, -0.25) is 4.79 Å². The van der Waals surface area contributed by atoms with Crippen molar-refractivity contribution in [2.75, 3.05) is 40.0 Å². The van der Waals surface area contributed by atoms with E-state index in [4.69, 9.17) is 14.2 Å². The van der Waals surface area contributed by atoms with Crippen molar-refractivity contribution in [3.63, 3.8) is 0 Å². The van der Waals surface area contributed by atoms with Crippen LogP contribution in [0.25, 0.3) is 0 Å². The van der Waals surface area contributed by atoms with E-state index in [0.29, 0.717) is 25.3 Å². The van der Waals surface area contributed by atoms with Crippen molar-refractivity contribution in [3.8, 4) is 5.75 Å². The molecule has 2 fully saturated rings. The van der Waals surface area contributed by atoms with Gasteiger partial charge in [0.1, 0.15) is 12.4 Å². The summed E-state index contributed by atoms with van der Waals surface area (Å²) in [5, 5.41) is 0. The van der Waals surface area contributed by atoms with Crippen LogP contribution >= 0.6 is 0 Å². The number of rotatable bonds is 8. The van der Waals surface area contributed by atoms with Crippen molar-refractivity contribution in [3.05, 3.63) is 29.8 Å². The molecule has 0 aromatic heterocycles. The number of hydrogen-bond donors (Lipinski definition) is 0. The van der Waals surface area contributed by atoms with Gasteiger partial charge in [0, 0.05) is 32.4 Å². The number of carbonyl (C=O) groups excluding carboxylic acids is 1. The molecule has 1 heterocycles. The summed E-state index contributed by atoms with van der Waals surface area (Å²) in [5.41, 5.74) is 0.701. The zero-order valence-corrected chi connectivity index (χ0v) is 13.7. The van der Waals surface area contributed by atoms with E-state index < -0.39 is 0 Å². The lowest BCUT2D eigenvalue weighted by Gasteiger charge is -2.17. The van der Waals surface area contributed by atoms with Crippen LogP contribution < -0.4 is 4.74 Å². The standard InChI is InChI=1S/C18H25NO4/c1-21-10-11-22-16-6-4-15(5-7-16)18(20)19-9-8-17(12-19)23-13-14-2-3-14/h4-7,14,17H,2-3,8-13H2,1H3/t17-/m0/s1. The van der Waals surface area contributed by atoms with Crippen molar-refractivity contribution >= 4 is 5.91 Å². The molecule has 1 aromatic rings. The van der Waals surface area contributed by atoms with Crippen molar-refractivity contribution in [1.29, 1.82) is 0 Å². The smallest absolute Gasteiger partial charge is 0.253 e. The molecule has 1 aromatic carbocycles. The van der Waals surface area contributed by atoms with Crippen LogP contribution in [0.15, 0.2) is 24.3 Å². The highest BCUT2D eigenvalue weighted by molar-refractivity contribution is 5.94. The minimum absolute atomic E-state index is 0.0750. The second kappa shape index (κ2) is 7.79. The van der Waals surface area contributed by atoms with Gasteiger partial charge >= 0.3 is 0 Å². The number of amides is 1. The Bertz CT molecular complexity index is 512. The molecule has 0 bridgehead atoms. The topological polar surface area (TPSA) is 48.0 Å². The minimum Gasteiger partial charge on any atom is -0.491 e. The van der Waals surface area contributed by atoms with E-state index in [2.05, 4.69) is 0 Å². The monoisotopic (exact) mass is 319 g/mol. The van der Waals surface area contributed by atoms with Gasteiger partial charge in [-0.05, 0) is 49.4 Å². The Morgan fingerprint density at radius 1 is 1.17 bits per heavy atom. The van der Waals surface area contributed by atoms with Gasteiger partial charge in [-0.2, -0.15) is 0 Å². The first kappa shape index (κ1) is 16.3. The van der Waals surface area contributed by atoms with Gasteiger partial charge in [-0.1, -0.05) is 0 Å². The van der Waals surface area contributed by atoms with Crippen molar-refractivity contribution in [1.82, 2.24) is 4.90 Å². The molecule has 0 spiro atoms. The Morgan fingerprint density at radius 2 is 1.96 bits per heavy atom. The number of likely N-dealkylation sites (tertiary alicyclic amines) is 1. The predicted molar refractivity (Wildman–Crippen MR) is 86.8 cm³/mol. The van der Waals surface area contributed by atoms with E-state index in [1.54, 1.807) is 7.11 Å². The minimum atomic E-state index is 0.0750. The summed E-state index contributed by atoms with van der Waals surface area (Å²) in [4.78, 5) is 14.4. The lowest BCUT2D eigenvalue weighted by Crippen LogP contribution is -2.30. The highest BCUT2D eigenvalue weighted by Crippen LogP contribution is 2.30. The number of methoxy groups -OCH3 is 1. The molecular weight excluding hydrogens is 294 g/mol. The molecular formula is C18H25NO4. The van der Waals surface area contributed by atoms with Crippen molar-refractivity contribution in [2.45, 2.75) is 25.4 Å². The lowest BCUT2D eigenvalue weighted by atomic mass is 10.2.